The van der Waals surface area contributed by atoms with Gasteiger partial charge in [-0.05, 0) is 17.8 Å². The number of hydrogen-bond acceptors (Lipinski definition) is 1. The quantitative estimate of drug-likeness (QED) is 0.700. The second-order valence-electron chi connectivity index (χ2n) is 2.52. The molecule has 2 N–H and O–H groups in total. The van der Waals surface area contributed by atoms with Crippen LogP contribution in [0.5, 0.6) is 0 Å². The average molecular weight is 213 g/mol. The van der Waals surface area contributed by atoms with Crippen molar-refractivity contribution in [2.75, 3.05) is 0 Å². The van der Waals surface area contributed by atoms with Gasteiger partial charge in [0, 0.05) is 6.20 Å². The van der Waals surface area contributed by atoms with Gasteiger partial charge in [-0.15, -0.1) is 12.4 Å². The van der Waals surface area contributed by atoms with Crippen LogP contribution in [-0.4, -0.2) is 9.97 Å². The lowest BCUT2D eigenvalue weighted by Crippen LogP contribution is -1.74. The lowest BCUT2D eigenvalue weighted by atomic mass is 10.2. The number of hydrogen-bond donors (Lipinski definition) is 2. The zero-order valence-corrected chi connectivity index (χ0v) is 8.41. The molecule has 0 aliphatic carbocycles. The first-order valence-electron chi connectivity index (χ1n) is 3.69. The van der Waals surface area contributed by atoms with E-state index in [0.717, 1.165) is 11.3 Å². The molecule has 2 aromatic rings. The molecule has 68 valence electrons. The highest BCUT2D eigenvalue weighted by Crippen LogP contribution is 2.14. The van der Waals surface area contributed by atoms with Crippen LogP contribution in [0, 0.1) is 4.77 Å². The summed E-state index contributed by atoms with van der Waals surface area (Å²) in [4.78, 5) is 5.98. The van der Waals surface area contributed by atoms with E-state index in [9.17, 15) is 0 Å². The van der Waals surface area contributed by atoms with Crippen LogP contribution in [0.15, 0.2) is 36.5 Å². The summed E-state index contributed by atoms with van der Waals surface area (Å²) in [6.07, 6.45) is 1.87. The van der Waals surface area contributed by atoms with Gasteiger partial charge in [0.1, 0.15) is 0 Å². The van der Waals surface area contributed by atoms with Gasteiger partial charge in [-0.25, -0.2) is 0 Å². The number of benzene rings is 1. The lowest BCUT2D eigenvalue weighted by Gasteiger charge is -1.93. The fraction of sp³-hybridized carbons (Fsp3) is 0. The van der Waals surface area contributed by atoms with Crippen molar-refractivity contribution < 1.29 is 0 Å². The van der Waals surface area contributed by atoms with Gasteiger partial charge in [-0.2, -0.15) is 0 Å². The lowest BCUT2D eigenvalue weighted by molar-refractivity contribution is 1.27. The van der Waals surface area contributed by atoms with Crippen LogP contribution >= 0.6 is 24.6 Å². The SMILES string of the molecule is Cl.S=c1[nH]cc(-c2ccccc2)[nH]1. The maximum Gasteiger partial charge on any atom is 0.174 e. The fourth-order valence-corrected chi connectivity index (χ4v) is 1.27. The van der Waals surface area contributed by atoms with Crippen LogP contribution in [0.2, 0.25) is 0 Å². The van der Waals surface area contributed by atoms with Crippen molar-refractivity contribution in [2.45, 2.75) is 0 Å². The Morgan fingerprint density at radius 3 is 2.31 bits per heavy atom. The predicted octanol–water partition coefficient (Wildman–Crippen LogP) is 3.16. The van der Waals surface area contributed by atoms with Gasteiger partial charge < -0.3 is 9.97 Å². The molecule has 1 aromatic carbocycles. The molecule has 13 heavy (non-hydrogen) atoms. The Bertz CT molecular complexity index is 418. The van der Waals surface area contributed by atoms with E-state index in [1.807, 2.05) is 36.5 Å². The second kappa shape index (κ2) is 4.25. The summed E-state index contributed by atoms with van der Waals surface area (Å²) >= 11 is 4.92. The first kappa shape index (κ1) is 10.0. The fourth-order valence-electron chi connectivity index (χ4n) is 1.11. The van der Waals surface area contributed by atoms with Crippen LogP contribution in [0.3, 0.4) is 0 Å². The summed E-state index contributed by atoms with van der Waals surface area (Å²) < 4.78 is 0.661. The Kier molecular flexibility index (Phi) is 3.28. The van der Waals surface area contributed by atoms with Crippen molar-refractivity contribution in [1.82, 2.24) is 9.97 Å². The second-order valence-corrected chi connectivity index (χ2v) is 2.93. The Hall–Kier alpha value is -1.06. The highest BCUT2D eigenvalue weighted by atomic mass is 35.5. The molecule has 0 saturated heterocycles. The zero-order valence-electron chi connectivity index (χ0n) is 6.78. The molecule has 4 heteroatoms. The van der Waals surface area contributed by atoms with Crippen molar-refractivity contribution in [2.24, 2.45) is 0 Å². The molecule has 2 nitrogen and oxygen atoms in total. The summed E-state index contributed by atoms with van der Waals surface area (Å²) in [6, 6.07) is 10.1. The molecule has 0 aliphatic rings. The van der Waals surface area contributed by atoms with E-state index in [0.29, 0.717) is 4.77 Å². The molecule has 0 radical (unpaired) electrons. The first-order chi connectivity index (χ1) is 5.86. The highest BCUT2D eigenvalue weighted by molar-refractivity contribution is 7.71. The number of imidazole rings is 1. The van der Waals surface area contributed by atoms with Gasteiger partial charge in [0.05, 0.1) is 5.69 Å². The van der Waals surface area contributed by atoms with E-state index in [-0.39, 0.29) is 12.4 Å². The van der Waals surface area contributed by atoms with Gasteiger partial charge >= 0.3 is 0 Å². The van der Waals surface area contributed by atoms with E-state index in [4.69, 9.17) is 12.2 Å². The molecule has 0 spiro atoms. The van der Waals surface area contributed by atoms with Crippen LogP contribution < -0.4 is 0 Å². The number of aromatic amines is 2. The average Bonchev–Trinajstić information content (AvgIpc) is 2.54. The highest BCUT2D eigenvalue weighted by Gasteiger charge is 1.95. The topological polar surface area (TPSA) is 31.6 Å². The minimum Gasteiger partial charge on any atom is -0.337 e. The van der Waals surface area contributed by atoms with Gasteiger partial charge in [0.2, 0.25) is 0 Å². The van der Waals surface area contributed by atoms with Crippen LogP contribution in [0.1, 0.15) is 0 Å². The van der Waals surface area contributed by atoms with E-state index in [1.54, 1.807) is 0 Å². The van der Waals surface area contributed by atoms with E-state index < -0.39 is 0 Å². The predicted molar refractivity (Wildman–Crippen MR) is 58.7 cm³/mol. The standard InChI is InChI=1S/C9H8N2S.ClH/c12-9-10-6-8(11-9)7-4-2-1-3-5-7;/h1-6H,(H2,10,11,12);1H. The molecular formula is C9H9ClN2S. The van der Waals surface area contributed by atoms with Crippen molar-refractivity contribution in [1.29, 1.82) is 0 Å². The van der Waals surface area contributed by atoms with Crippen molar-refractivity contribution in [3.63, 3.8) is 0 Å². The minimum absolute atomic E-state index is 0. The van der Waals surface area contributed by atoms with Crippen molar-refractivity contribution >= 4 is 24.6 Å². The van der Waals surface area contributed by atoms with Gasteiger partial charge in [-0.3, -0.25) is 0 Å². The molecule has 0 unspecified atom stereocenters. The van der Waals surface area contributed by atoms with E-state index >= 15 is 0 Å². The number of H-pyrrole nitrogens is 2. The minimum atomic E-state index is 0. The molecule has 1 heterocycles. The Morgan fingerprint density at radius 2 is 1.77 bits per heavy atom. The Labute approximate surface area is 87.4 Å². The third-order valence-electron chi connectivity index (χ3n) is 1.68. The smallest absolute Gasteiger partial charge is 0.174 e. The van der Waals surface area contributed by atoms with Crippen LogP contribution in [0.4, 0.5) is 0 Å². The molecule has 0 fully saturated rings. The van der Waals surface area contributed by atoms with Gasteiger partial charge in [-0.1, -0.05) is 30.3 Å². The van der Waals surface area contributed by atoms with Gasteiger partial charge in [0.25, 0.3) is 0 Å². The van der Waals surface area contributed by atoms with Crippen LogP contribution in [0.25, 0.3) is 11.3 Å². The largest absolute Gasteiger partial charge is 0.337 e. The third-order valence-corrected chi connectivity index (χ3v) is 1.90. The normalized spacial score (nSPS) is 9.23. The zero-order chi connectivity index (χ0) is 8.39. The monoisotopic (exact) mass is 212 g/mol. The van der Waals surface area contributed by atoms with E-state index in [2.05, 4.69) is 9.97 Å². The van der Waals surface area contributed by atoms with E-state index in [1.165, 1.54) is 0 Å². The summed E-state index contributed by atoms with van der Waals surface area (Å²) in [6.45, 7) is 0. The molecule has 0 saturated carbocycles. The molecule has 0 aliphatic heterocycles. The molecule has 0 bridgehead atoms. The summed E-state index contributed by atoms with van der Waals surface area (Å²) in [5, 5.41) is 0. The molecule has 2 rings (SSSR count). The number of rotatable bonds is 1. The number of nitrogens with one attached hydrogen (secondary N) is 2. The summed E-state index contributed by atoms with van der Waals surface area (Å²) in [5.74, 6) is 0. The van der Waals surface area contributed by atoms with Crippen molar-refractivity contribution in [3.8, 4) is 11.3 Å². The molecular weight excluding hydrogens is 204 g/mol. The first-order valence-corrected chi connectivity index (χ1v) is 4.10. The third kappa shape index (κ3) is 2.20. The molecule has 1 aromatic heterocycles. The van der Waals surface area contributed by atoms with Crippen LogP contribution in [-0.2, 0) is 0 Å². The summed E-state index contributed by atoms with van der Waals surface area (Å²) in [5.41, 5.74) is 2.17. The van der Waals surface area contributed by atoms with Gasteiger partial charge in [0.15, 0.2) is 4.77 Å². The summed E-state index contributed by atoms with van der Waals surface area (Å²) in [7, 11) is 0. The molecule has 0 amide bonds. The number of halogens is 1. The molecule has 0 atom stereocenters. The Morgan fingerprint density at radius 1 is 1.08 bits per heavy atom. The maximum absolute atomic E-state index is 4.92. The number of aromatic nitrogens is 2. The Balaban J connectivity index is 0.000000845. The van der Waals surface area contributed by atoms with Crippen molar-refractivity contribution in [3.05, 3.63) is 41.3 Å². The maximum atomic E-state index is 4.92.